The smallest absolute Gasteiger partial charge is 0.306 e. The van der Waals surface area contributed by atoms with E-state index >= 15 is 0 Å². The fraction of sp³-hybridized carbons (Fsp3) is 0.286. The fourth-order valence-electron chi connectivity index (χ4n) is 3.88. The molecule has 0 spiro atoms. The van der Waals surface area contributed by atoms with Gasteiger partial charge in [-0.1, -0.05) is 0 Å². The van der Waals surface area contributed by atoms with E-state index in [4.69, 9.17) is 4.42 Å². The van der Waals surface area contributed by atoms with E-state index in [1.165, 1.54) is 27.0 Å². The van der Waals surface area contributed by atoms with Gasteiger partial charge in [-0.25, -0.2) is 14.4 Å². The molecule has 13 heteroatoms. The van der Waals surface area contributed by atoms with Crippen LogP contribution in [0.3, 0.4) is 0 Å². The summed E-state index contributed by atoms with van der Waals surface area (Å²) in [6.07, 6.45) is 5.50. The summed E-state index contributed by atoms with van der Waals surface area (Å²) in [5, 5.41) is 12.9. The Hall–Kier alpha value is -3.55. The van der Waals surface area contributed by atoms with Gasteiger partial charge in [-0.05, 0) is 30.7 Å². The van der Waals surface area contributed by atoms with Gasteiger partial charge in [-0.3, -0.25) is 4.40 Å². The summed E-state index contributed by atoms with van der Waals surface area (Å²) in [5.41, 5.74) is 2.01. The first-order valence-electron chi connectivity index (χ1n) is 10.6. The average Bonchev–Trinajstić information content (AvgIpc) is 3.40. The van der Waals surface area contributed by atoms with Crippen molar-refractivity contribution in [2.24, 2.45) is 0 Å². The first kappa shape index (κ1) is 22.3. The molecule has 1 aliphatic rings. The first-order valence-corrected chi connectivity index (χ1v) is 12.0. The van der Waals surface area contributed by atoms with Crippen molar-refractivity contribution in [3.63, 3.8) is 0 Å². The quantitative estimate of drug-likeness (QED) is 0.424. The molecule has 1 aliphatic heterocycles. The summed E-state index contributed by atoms with van der Waals surface area (Å²) < 4.78 is 48.3. The number of aromatic nitrogens is 4. The highest BCUT2D eigenvalue weighted by molar-refractivity contribution is 7.86. The van der Waals surface area contributed by atoms with E-state index in [2.05, 4.69) is 20.3 Å². The molecule has 2 N–H and O–H groups in total. The number of anilines is 1. The molecule has 0 bridgehead atoms. The molecule has 0 radical (unpaired) electrons. The maximum absolute atomic E-state index is 13.6. The number of phenolic OH excluding ortho intramolecular Hbond substituents is 1. The molecule has 4 aromatic rings. The number of fused-ring (bicyclic) bond motifs is 1. The van der Waals surface area contributed by atoms with Gasteiger partial charge < -0.3 is 14.8 Å². The number of oxazole rings is 1. The summed E-state index contributed by atoms with van der Waals surface area (Å²) in [6, 6.07) is 5.65. The van der Waals surface area contributed by atoms with E-state index in [0.717, 1.165) is 12.5 Å². The van der Waals surface area contributed by atoms with Gasteiger partial charge in [-0.2, -0.15) is 22.0 Å². The molecule has 0 unspecified atom stereocenters. The summed E-state index contributed by atoms with van der Waals surface area (Å²) in [5.74, 6) is -0.604. The first-order chi connectivity index (χ1) is 16.3. The van der Waals surface area contributed by atoms with Crippen molar-refractivity contribution in [2.75, 3.05) is 38.5 Å². The van der Waals surface area contributed by atoms with Crippen LogP contribution in [0.4, 0.5) is 10.3 Å². The van der Waals surface area contributed by atoms with Gasteiger partial charge in [0, 0.05) is 51.2 Å². The minimum Gasteiger partial charge on any atom is -0.505 e. The Bertz CT molecular complexity index is 1450. The molecule has 1 aromatic carbocycles. The Morgan fingerprint density at radius 2 is 2.09 bits per heavy atom. The van der Waals surface area contributed by atoms with E-state index < -0.39 is 21.8 Å². The lowest BCUT2D eigenvalue weighted by atomic mass is 10.1. The molecule has 1 saturated heterocycles. The molecule has 0 saturated carbocycles. The van der Waals surface area contributed by atoms with Gasteiger partial charge in [0.15, 0.2) is 11.6 Å². The molecule has 178 valence electrons. The molecule has 4 heterocycles. The third-order valence-corrected chi connectivity index (χ3v) is 7.61. The number of hydrogen-bond acceptors (Lipinski definition) is 8. The second-order valence-corrected chi connectivity index (χ2v) is 9.84. The molecule has 34 heavy (non-hydrogen) atoms. The summed E-state index contributed by atoms with van der Waals surface area (Å²) in [4.78, 5) is 13.3. The van der Waals surface area contributed by atoms with Crippen molar-refractivity contribution in [3.8, 4) is 28.4 Å². The maximum Gasteiger partial charge on any atom is 0.306 e. The summed E-state index contributed by atoms with van der Waals surface area (Å²) in [7, 11) is -1.87. The molecule has 0 amide bonds. The Morgan fingerprint density at radius 3 is 2.91 bits per heavy atom. The van der Waals surface area contributed by atoms with Crippen molar-refractivity contribution in [1.29, 1.82) is 0 Å². The zero-order valence-corrected chi connectivity index (χ0v) is 19.0. The van der Waals surface area contributed by atoms with Crippen molar-refractivity contribution < 1.29 is 22.3 Å². The van der Waals surface area contributed by atoms with Crippen LogP contribution in [0.25, 0.3) is 28.5 Å². The van der Waals surface area contributed by atoms with Crippen molar-refractivity contribution >= 4 is 22.0 Å². The second kappa shape index (κ2) is 8.66. The summed E-state index contributed by atoms with van der Waals surface area (Å²) in [6.45, 7) is 1.58. The van der Waals surface area contributed by atoms with Gasteiger partial charge in [0.2, 0.25) is 5.95 Å². The highest BCUT2D eigenvalue weighted by Gasteiger charge is 2.30. The van der Waals surface area contributed by atoms with Gasteiger partial charge in [0.05, 0.1) is 5.69 Å². The Kier molecular flexibility index (Phi) is 5.67. The maximum atomic E-state index is 13.6. The van der Waals surface area contributed by atoms with Crippen molar-refractivity contribution in [1.82, 2.24) is 28.0 Å². The van der Waals surface area contributed by atoms with Crippen molar-refractivity contribution in [2.45, 2.75) is 6.42 Å². The lowest BCUT2D eigenvalue weighted by Crippen LogP contribution is -2.49. The Labute approximate surface area is 194 Å². The van der Waals surface area contributed by atoms with Crippen LogP contribution in [-0.4, -0.2) is 74.7 Å². The molecular formula is C21H22FN7O4S. The molecule has 0 atom stereocenters. The van der Waals surface area contributed by atoms with Gasteiger partial charge >= 0.3 is 5.84 Å². The van der Waals surface area contributed by atoms with Crippen LogP contribution < -0.4 is 5.32 Å². The van der Waals surface area contributed by atoms with E-state index in [1.54, 1.807) is 29.9 Å². The highest BCUT2D eigenvalue weighted by atomic mass is 32.2. The topological polar surface area (TPSA) is 129 Å². The number of benzene rings is 1. The predicted molar refractivity (Wildman–Crippen MR) is 122 cm³/mol. The predicted octanol–water partition coefficient (Wildman–Crippen LogP) is 2.19. The van der Waals surface area contributed by atoms with Crippen LogP contribution in [0.5, 0.6) is 5.75 Å². The largest absolute Gasteiger partial charge is 0.505 e. The van der Waals surface area contributed by atoms with E-state index in [-0.39, 0.29) is 6.54 Å². The minimum atomic E-state index is -3.44. The molecule has 1 fully saturated rings. The zero-order chi connectivity index (χ0) is 23.9. The van der Waals surface area contributed by atoms with Crippen LogP contribution in [0.1, 0.15) is 6.42 Å². The number of hydrogen-bond donors (Lipinski definition) is 2. The number of imidazole rings is 1. The van der Waals surface area contributed by atoms with Crippen LogP contribution in [0.2, 0.25) is 0 Å². The van der Waals surface area contributed by atoms with Crippen molar-refractivity contribution in [3.05, 3.63) is 48.7 Å². The lowest BCUT2D eigenvalue weighted by molar-refractivity contribution is 0.313. The Balaban J connectivity index is 1.42. The lowest BCUT2D eigenvalue weighted by Gasteiger charge is -2.32. The van der Waals surface area contributed by atoms with Crippen LogP contribution in [-0.2, 0) is 10.2 Å². The van der Waals surface area contributed by atoms with Crippen LogP contribution in [0.15, 0.2) is 47.3 Å². The number of rotatable bonds is 6. The number of nitrogens with one attached hydrogen (secondary N) is 1. The van der Waals surface area contributed by atoms with E-state index in [1.807, 2.05) is 0 Å². The third-order valence-electron chi connectivity index (χ3n) is 5.62. The van der Waals surface area contributed by atoms with Gasteiger partial charge in [0.1, 0.15) is 17.7 Å². The Morgan fingerprint density at radius 1 is 1.24 bits per heavy atom. The normalized spacial score (nSPS) is 16.8. The third kappa shape index (κ3) is 3.97. The number of halogens is 1. The van der Waals surface area contributed by atoms with Crippen LogP contribution >= 0.6 is 0 Å². The van der Waals surface area contributed by atoms with Gasteiger partial charge in [-0.15, -0.1) is 0 Å². The molecule has 3 aromatic heterocycles. The standard InChI is InChI=1S/C21H22FN7O4S/c1-27-8-2-9-28(34(27,31)32)10-7-24-20-23-6-5-16(25-20)19-18(26-21-29(19)11-12-33-21)14-3-4-15(22)17(30)13-14/h3-6,11-13,30H,2,7-10H2,1H3,(H,23,24,25). The SMILES string of the molecule is CN1CCCN(CCNc2nccc(-c3c(-c4ccc(F)c(O)c4)nc4occn34)n2)S1(=O)=O. The highest BCUT2D eigenvalue weighted by Crippen LogP contribution is 2.34. The fourth-order valence-corrected chi connectivity index (χ4v) is 5.32. The molecule has 0 aliphatic carbocycles. The molecular weight excluding hydrogens is 465 g/mol. The number of phenols is 1. The van der Waals surface area contributed by atoms with E-state index in [9.17, 15) is 17.9 Å². The minimum absolute atomic E-state index is 0.277. The summed E-state index contributed by atoms with van der Waals surface area (Å²) >= 11 is 0. The van der Waals surface area contributed by atoms with E-state index in [0.29, 0.717) is 54.1 Å². The van der Waals surface area contributed by atoms with Crippen LogP contribution in [0, 0.1) is 5.82 Å². The average molecular weight is 488 g/mol. The number of aromatic hydroxyl groups is 1. The monoisotopic (exact) mass is 487 g/mol. The molecule has 5 rings (SSSR count). The van der Waals surface area contributed by atoms with Gasteiger partial charge in [0.25, 0.3) is 10.2 Å². The number of nitrogens with zero attached hydrogens (tertiary/aromatic N) is 6. The zero-order valence-electron chi connectivity index (χ0n) is 18.2. The second-order valence-electron chi connectivity index (χ2n) is 7.80. The molecule has 11 nitrogen and oxygen atoms in total.